The van der Waals surface area contributed by atoms with Crippen molar-refractivity contribution in [3.8, 4) is 0 Å². The van der Waals surface area contributed by atoms with Crippen LogP contribution in [0.5, 0.6) is 0 Å². The molecule has 1 aliphatic carbocycles. The van der Waals surface area contributed by atoms with Gasteiger partial charge in [0.25, 0.3) is 0 Å². The lowest BCUT2D eigenvalue weighted by Crippen LogP contribution is -2.54. The van der Waals surface area contributed by atoms with E-state index in [1.807, 2.05) is 0 Å². The molecule has 3 heteroatoms. The van der Waals surface area contributed by atoms with E-state index in [9.17, 15) is 0 Å². The van der Waals surface area contributed by atoms with Gasteiger partial charge < -0.3 is 11.1 Å². The third kappa shape index (κ3) is 2.58. The first kappa shape index (κ1) is 12.3. The summed E-state index contributed by atoms with van der Waals surface area (Å²) in [5.41, 5.74) is 6.20. The molecule has 1 aliphatic heterocycles. The number of likely N-dealkylation sites (tertiary alicyclic amines) is 1. The average Bonchev–Trinajstić information content (AvgIpc) is 3.01. The van der Waals surface area contributed by atoms with Crippen LogP contribution in [0.3, 0.4) is 0 Å². The van der Waals surface area contributed by atoms with Crippen molar-refractivity contribution >= 4 is 0 Å². The van der Waals surface area contributed by atoms with Crippen LogP contribution in [0.4, 0.5) is 0 Å². The molecule has 0 amide bonds. The molecule has 0 aromatic carbocycles. The van der Waals surface area contributed by atoms with Crippen LogP contribution >= 0.6 is 0 Å². The maximum Gasteiger partial charge on any atom is 0.0447 e. The fourth-order valence-corrected chi connectivity index (χ4v) is 2.92. The molecule has 3 N–H and O–H groups in total. The second-order valence-corrected chi connectivity index (χ2v) is 6.22. The molecule has 94 valence electrons. The van der Waals surface area contributed by atoms with Gasteiger partial charge >= 0.3 is 0 Å². The van der Waals surface area contributed by atoms with Crippen molar-refractivity contribution in [2.45, 2.75) is 57.7 Å². The quantitative estimate of drug-likeness (QED) is 0.738. The molecule has 3 nitrogen and oxygen atoms in total. The van der Waals surface area contributed by atoms with E-state index in [1.54, 1.807) is 0 Å². The lowest BCUT2D eigenvalue weighted by atomic mass is 9.95. The Morgan fingerprint density at radius 3 is 2.62 bits per heavy atom. The van der Waals surface area contributed by atoms with Gasteiger partial charge in [-0.3, -0.25) is 4.90 Å². The standard InChI is InChI=1S/C13H27N3/c1-10(2)7-15-13(8-14)6-11(3)16(9-13)12-4-5-12/h10-12,15H,4-9,14H2,1-3H3. The Kier molecular flexibility index (Phi) is 3.57. The molecular weight excluding hydrogens is 198 g/mol. The zero-order chi connectivity index (χ0) is 11.8. The lowest BCUT2D eigenvalue weighted by Gasteiger charge is -2.30. The Morgan fingerprint density at radius 1 is 1.44 bits per heavy atom. The van der Waals surface area contributed by atoms with E-state index < -0.39 is 0 Å². The van der Waals surface area contributed by atoms with Crippen LogP contribution < -0.4 is 11.1 Å². The molecule has 2 rings (SSSR count). The molecule has 2 atom stereocenters. The molecule has 16 heavy (non-hydrogen) atoms. The van der Waals surface area contributed by atoms with Crippen molar-refractivity contribution in [1.82, 2.24) is 10.2 Å². The third-order valence-electron chi connectivity index (χ3n) is 4.03. The molecule has 1 heterocycles. The molecule has 0 radical (unpaired) electrons. The normalized spacial score (nSPS) is 36.2. The summed E-state index contributed by atoms with van der Waals surface area (Å²) < 4.78 is 0. The second-order valence-electron chi connectivity index (χ2n) is 6.22. The first-order valence-electron chi connectivity index (χ1n) is 6.77. The first-order valence-corrected chi connectivity index (χ1v) is 6.77. The molecule has 0 spiro atoms. The van der Waals surface area contributed by atoms with Crippen LogP contribution in [-0.4, -0.2) is 42.2 Å². The summed E-state index contributed by atoms with van der Waals surface area (Å²) in [5, 5.41) is 3.72. The highest BCUT2D eigenvalue weighted by Crippen LogP contribution is 2.36. The van der Waals surface area contributed by atoms with Crippen molar-refractivity contribution in [1.29, 1.82) is 0 Å². The number of nitrogens with one attached hydrogen (secondary N) is 1. The Bertz CT molecular complexity index is 237. The van der Waals surface area contributed by atoms with Crippen molar-refractivity contribution in [3.63, 3.8) is 0 Å². The molecule has 0 bridgehead atoms. The van der Waals surface area contributed by atoms with Crippen LogP contribution in [0.15, 0.2) is 0 Å². The number of nitrogens with zero attached hydrogens (tertiary/aromatic N) is 1. The number of rotatable bonds is 5. The van der Waals surface area contributed by atoms with Crippen LogP contribution in [0.1, 0.15) is 40.0 Å². The molecule has 2 aliphatic rings. The minimum atomic E-state index is 0.187. The first-order chi connectivity index (χ1) is 7.56. The summed E-state index contributed by atoms with van der Waals surface area (Å²) in [7, 11) is 0. The van der Waals surface area contributed by atoms with E-state index in [1.165, 1.54) is 19.3 Å². The maximum atomic E-state index is 6.01. The largest absolute Gasteiger partial charge is 0.329 e. The Hall–Kier alpha value is -0.120. The van der Waals surface area contributed by atoms with Crippen molar-refractivity contribution in [2.75, 3.05) is 19.6 Å². The fourth-order valence-electron chi connectivity index (χ4n) is 2.92. The fraction of sp³-hybridized carbons (Fsp3) is 1.00. The van der Waals surface area contributed by atoms with E-state index in [-0.39, 0.29) is 5.54 Å². The molecule has 2 unspecified atom stereocenters. The second kappa shape index (κ2) is 4.63. The summed E-state index contributed by atoms with van der Waals surface area (Å²) in [6, 6.07) is 1.57. The monoisotopic (exact) mass is 225 g/mol. The zero-order valence-corrected chi connectivity index (χ0v) is 11.0. The van der Waals surface area contributed by atoms with Crippen molar-refractivity contribution in [2.24, 2.45) is 11.7 Å². The zero-order valence-electron chi connectivity index (χ0n) is 11.0. The van der Waals surface area contributed by atoms with Gasteiger partial charge in [-0.1, -0.05) is 13.8 Å². The molecule has 1 saturated heterocycles. The van der Waals surface area contributed by atoms with E-state index in [4.69, 9.17) is 5.73 Å². The molecule has 1 saturated carbocycles. The summed E-state index contributed by atoms with van der Waals surface area (Å²) in [5.74, 6) is 0.703. The van der Waals surface area contributed by atoms with Gasteiger partial charge in [0.2, 0.25) is 0 Å². The van der Waals surface area contributed by atoms with Gasteiger partial charge in [0.05, 0.1) is 0 Å². The molecule has 0 aromatic heterocycles. The number of hydrogen-bond acceptors (Lipinski definition) is 3. The topological polar surface area (TPSA) is 41.3 Å². The van der Waals surface area contributed by atoms with Crippen LogP contribution in [0.25, 0.3) is 0 Å². The van der Waals surface area contributed by atoms with Gasteiger partial charge in [0, 0.05) is 30.7 Å². The maximum absolute atomic E-state index is 6.01. The van der Waals surface area contributed by atoms with Gasteiger partial charge in [0.15, 0.2) is 0 Å². The van der Waals surface area contributed by atoms with Crippen LogP contribution in [-0.2, 0) is 0 Å². The number of nitrogens with two attached hydrogens (primary N) is 1. The highest BCUT2D eigenvalue weighted by atomic mass is 15.3. The molecular formula is C13H27N3. The summed E-state index contributed by atoms with van der Waals surface area (Å²) in [4.78, 5) is 2.67. The summed E-state index contributed by atoms with van der Waals surface area (Å²) >= 11 is 0. The predicted octanol–water partition coefficient (Wildman–Crippen LogP) is 1.19. The van der Waals surface area contributed by atoms with Gasteiger partial charge in [-0.2, -0.15) is 0 Å². The minimum absolute atomic E-state index is 0.187. The van der Waals surface area contributed by atoms with Gasteiger partial charge in [0.1, 0.15) is 0 Å². The van der Waals surface area contributed by atoms with Crippen LogP contribution in [0.2, 0.25) is 0 Å². The summed E-state index contributed by atoms with van der Waals surface area (Å²) in [6.07, 6.45) is 4.01. The van der Waals surface area contributed by atoms with E-state index >= 15 is 0 Å². The third-order valence-corrected chi connectivity index (χ3v) is 4.03. The lowest BCUT2D eigenvalue weighted by molar-refractivity contribution is 0.239. The summed E-state index contributed by atoms with van der Waals surface area (Å²) in [6.45, 7) is 9.88. The Morgan fingerprint density at radius 2 is 2.12 bits per heavy atom. The van der Waals surface area contributed by atoms with E-state index in [2.05, 4.69) is 31.0 Å². The van der Waals surface area contributed by atoms with Gasteiger partial charge in [-0.15, -0.1) is 0 Å². The Balaban J connectivity index is 1.94. The van der Waals surface area contributed by atoms with Crippen molar-refractivity contribution < 1.29 is 0 Å². The minimum Gasteiger partial charge on any atom is -0.329 e. The number of hydrogen-bond donors (Lipinski definition) is 2. The smallest absolute Gasteiger partial charge is 0.0447 e. The highest BCUT2D eigenvalue weighted by Gasteiger charge is 2.45. The van der Waals surface area contributed by atoms with Crippen LogP contribution in [0, 0.1) is 5.92 Å². The molecule has 2 fully saturated rings. The van der Waals surface area contributed by atoms with Crippen molar-refractivity contribution in [3.05, 3.63) is 0 Å². The van der Waals surface area contributed by atoms with E-state index in [0.29, 0.717) is 12.0 Å². The Labute approximate surface area is 99.8 Å². The van der Waals surface area contributed by atoms with E-state index in [0.717, 1.165) is 25.7 Å². The SMILES string of the molecule is CC(C)CNC1(CN)CC(C)N(C2CC2)C1. The van der Waals surface area contributed by atoms with Gasteiger partial charge in [-0.05, 0) is 38.6 Å². The predicted molar refractivity (Wildman–Crippen MR) is 68.4 cm³/mol. The molecule has 0 aromatic rings. The highest BCUT2D eigenvalue weighted by molar-refractivity contribution is 5.05. The van der Waals surface area contributed by atoms with Gasteiger partial charge in [-0.25, -0.2) is 0 Å². The average molecular weight is 225 g/mol.